The summed E-state index contributed by atoms with van der Waals surface area (Å²) in [5, 5.41) is 4.19. The Morgan fingerprint density at radius 2 is 2.03 bits per heavy atom. The molecule has 2 heterocycles. The van der Waals surface area contributed by atoms with Crippen LogP contribution in [0.5, 0.6) is 11.5 Å². The molecule has 7 heteroatoms. The molecular weight excluding hydrogens is 378 g/mol. The summed E-state index contributed by atoms with van der Waals surface area (Å²) in [7, 11) is 1.69. The first-order valence-corrected chi connectivity index (χ1v) is 10.5. The van der Waals surface area contributed by atoms with Crippen molar-refractivity contribution in [1.29, 1.82) is 0 Å². The fraction of sp³-hybridized carbons (Fsp3) is 0.348. The van der Waals surface area contributed by atoms with Gasteiger partial charge in [-0.2, -0.15) is 5.10 Å². The van der Waals surface area contributed by atoms with E-state index in [2.05, 4.69) is 15.1 Å². The molecule has 0 spiro atoms. The third-order valence-electron chi connectivity index (χ3n) is 6.54. The van der Waals surface area contributed by atoms with Gasteiger partial charge in [-0.25, -0.2) is 14.6 Å². The number of nitrogens with zero attached hydrogens (tertiary/aromatic N) is 4. The van der Waals surface area contributed by atoms with Gasteiger partial charge in [0.2, 0.25) is 0 Å². The molecule has 1 N–H and O–H groups in total. The molecule has 2 fully saturated rings. The quantitative estimate of drug-likeness (QED) is 0.537. The van der Waals surface area contributed by atoms with Crippen molar-refractivity contribution in [1.82, 2.24) is 24.7 Å². The summed E-state index contributed by atoms with van der Waals surface area (Å²) in [5.41, 5.74) is 3.77. The minimum atomic E-state index is 0.300. The third-order valence-corrected chi connectivity index (χ3v) is 6.54. The van der Waals surface area contributed by atoms with Crippen molar-refractivity contribution < 1.29 is 9.47 Å². The predicted molar refractivity (Wildman–Crippen MR) is 113 cm³/mol. The Hall–Kier alpha value is -3.35. The summed E-state index contributed by atoms with van der Waals surface area (Å²) in [6.45, 7) is 0. The smallest absolute Gasteiger partial charge is 0.162 e. The number of fused-ring (bicyclic) bond motifs is 3. The molecule has 2 aliphatic carbocycles. The van der Waals surface area contributed by atoms with Crippen LogP contribution in [0.2, 0.25) is 0 Å². The zero-order valence-electron chi connectivity index (χ0n) is 16.8. The zero-order chi connectivity index (χ0) is 20.1. The minimum Gasteiger partial charge on any atom is -0.493 e. The topological polar surface area (TPSA) is 77.9 Å². The second-order valence-electron chi connectivity index (χ2n) is 8.32. The van der Waals surface area contributed by atoms with E-state index in [4.69, 9.17) is 14.5 Å². The van der Waals surface area contributed by atoms with Gasteiger partial charge < -0.3 is 14.5 Å². The number of imidazole rings is 1. The van der Waals surface area contributed by atoms with E-state index in [1.807, 2.05) is 36.4 Å². The van der Waals surface area contributed by atoms with E-state index in [0.717, 1.165) is 51.9 Å². The van der Waals surface area contributed by atoms with Gasteiger partial charge in [-0.15, -0.1) is 0 Å². The van der Waals surface area contributed by atoms with Crippen molar-refractivity contribution in [2.24, 2.45) is 11.8 Å². The van der Waals surface area contributed by atoms with Crippen molar-refractivity contribution in [3.8, 4) is 28.6 Å². The maximum Gasteiger partial charge on any atom is 0.162 e. The van der Waals surface area contributed by atoms with Crippen LogP contribution in [0.25, 0.3) is 28.1 Å². The fourth-order valence-corrected chi connectivity index (χ4v) is 5.03. The molecule has 30 heavy (non-hydrogen) atoms. The monoisotopic (exact) mass is 401 g/mol. The van der Waals surface area contributed by atoms with E-state index < -0.39 is 0 Å². The van der Waals surface area contributed by atoms with Crippen molar-refractivity contribution in [3.05, 3.63) is 49.1 Å². The number of rotatable bonds is 5. The number of aromatic amines is 1. The SMILES string of the molecule is COc1ccc(-c2nc3ccc(-n4cncn4)cc3[nH]2)cc1OC1CC2CCC1C2. The summed E-state index contributed by atoms with van der Waals surface area (Å²) in [6, 6.07) is 12.0. The molecule has 2 bridgehead atoms. The van der Waals surface area contributed by atoms with Crippen molar-refractivity contribution in [2.75, 3.05) is 7.11 Å². The van der Waals surface area contributed by atoms with Crippen molar-refractivity contribution >= 4 is 11.0 Å². The van der Waals surface area contributed by atoms with E-state index in [0.29, 0.717) is 12.0 Å². The number of hydrogen-bond acceptors (Lipinski definition) is 5. The van der Waals surface area contributed by atoms with Crippen LogP contribution in [0, 0.1) is 11.8 Å². The number of hydrogen-bond donors (Lipinski definition) is 1. The summed E-state index contributed by atoms with van der Waals surface area (Å²) in [4.78, 5) is 12.2. The Morgan fingerprint density at radius 3 is 2.80 bits per heavy atom. The number of nitrogens with one attached hydrogen (secondary N) is 1. The van der Waals surface area contributed by atoms with Crippen LogP contribution in [0.1, 0.15) is 25.7 Å². The number of aromatic nitrogens is 5. The Labute approximate surface area is 174 Å². The highest BCUT2D eigenvalue weighted by molar-refractivity contribution is 5.81. The van der Waals surface area contributed by atoms with Gasteiger partial charge in [0.15, 0.2) is 11.5 Å². The molecule has 7 nitrogen and oxygen atoms in total. The second kappa shape index (κ2) is 6.86. The first kappa shape index (κ1) is 17.5. The van der Waals surface area contributed by atoms with Gasteiger partial charge in [-0.05, 0) is 73.9 Å². The van der Waals surface area contributed by atoms with Crippen LogP contribution in [0.4, 0.5) is 0 Å². The van der Waals surface area contributed by atoms with Gasteiger partial charge in [-0.3, -0.25) is 0 Å². The molecule has 2 aromatic heterocycles. The molecule has 0 radical (unpaired) electrons. The lowest BCUT2D eigenvalue weighted by Crippen LogP contribution is -2.23. The van der Waals surface area contributed by atoms with Gasteiger partial charge in [0.25, 0.3) is 0 Å². The van der Waals surface area contributed by atoms with Crippen LogP contribution >= 0.6 is 0 Å². The lowest BCUT2D eigenvalue weighted by atomic mass is 9.97. The van der Waals surface area contributed by atoms with Gasteiger partial charge in [0, 0.05) is 5.56 Å². The number of H-pyrrole nitrogens is 1. The molecular formula is C23H23N5O2. The van der Waals surface area contributed by atoms with Crippen molar-refractivity contribution in [2.45, 2.75) is 31.8 Å². The number of methoxy groups -OCH3 is 1. The summed E-state index contributed by atoms with van der Waals surface area (Å²) < 4.78 is 13.8. The third kappa shape index (κ3) is 2.93. The average Bonchev–Trinajstić information content (AvgIpc) is 3.57. The van der Waals surface area contributed by atoms with E-state index in [9.17, 15) is 0 Å². The summed E-state index contributed by atoms with van der Waals surface area (Å²) >= 11 is 0. The standard InChI is InChI=1S/C23H23N5O2/c1-29-20-7-4-16(10-22(20)30-21-9-14-2-3-15(21)8-14)23-26-18-6-5-17(11-19(18)27-23)28-13-24-12-25-28/h4-7,10-15,21H,2-3,8-9H2,1H3,(H,26,27). The molecule has 3 atom stereocenters. The van der Waals surface area contributed by atoms with E-state index in [1.165, 1.54) is 25.6 Å². The van der Waals surface area contributed by atoms with E-state index >= 15 is 0 Å². The second-order valence-corrected chi connectivity index (χ2v) is 8.32. The molecule has 6 rings (SSSR count). The molecule has 0 aliphatic heterocycles. The first-order chi connectivity index (χ1) is 14.8. The maximum absolute atomic E-state index is 6.45. The van der Waals surface area contributed by atoms with Crippen molar-refractivity contribution in [3.63, 3.8) is 0 Å². The summed E-state index contributed by atoms with van der Waals surface area (Å²) in [5.74, 6) is 3.90. The molecule has 152 valence electrons. The largest absolute Gasteiger partial charge is 0.493 e. The van der Waals surface area contributed by atoms with Crippen LogP contribution in [0.15, 0.2) is 49.1 Å². The number of ether oxygens (including phenoxy) is 2. The molecule has 2 aliphatic rings. The molecule has 0 amide bonds. The number of benzene rings is 2. The minimum absolute atomic E-state index is 0.300. The Kier molecular flexibility index (Phi) is 4.00. The predicted octanol–water partition coefficient (Wildman–Crippen LogP) is 4.39. The average molecular weight is 401 g/mol. The van der Waals surface area contributed by atoms with Gasteiger partial charge in [-0.1, -0.05) is 0 Å². The van der Waals surface area contributed by atoms with Gasteiger partial charge in [0.05, 0.1) is 23.8 Å². The Morgan fingerprint density at radius 1 is 1.07 bits per heavy atom. The highest BCUT2D eigenvalue weighted by Gasteiger charge is 2.41. The van der Waals surface area contributed by atoms with Gasteiger partial charge >= 0.3 is 0 Å². The highest BCUT2D eigenvalue weighted by atomic mass is 16.5. The van der Waals surface area contributed by atoms with Crippen LogP contribution < -0.4 is 9.47 Å². The molecule has 4 aromatic rings. The molecule has 2 saturated carbocycles. The van der Waals surface area contributed by atoms with E-state index in [-0.39, 0.29) is 0 Å². The molecule has 0 saturated heterocycles. The van der Waals surface area contributed by atoms with Crippen LogP contribution in [-0.2, 0) is 0 Å². The normalized spacial score (nSPS) is 22.6. The van der Waals surface area contributed by atoms with Crippen LogP contribution in [-0.4, -0.2) is 37.9 Å². The highest BCUT2D eigenvalue weighted by Crippen LogP contribution is 2.47. The Balaban J connectivity index is 1.33. The fourth-order valence-electron chi connectivity index (χ4n) is 5.03. The first-order valence-electron chi connectivity index (χ1n) is 10.5. The van der Waals surface area contributed by atoms with Gasteiger partial charge in [0.1, 0.15) is 24.6 Å². The summed E-state index contributed by atoms with van der Waals surface area (Å²) in [6.07, 6.45) is 8.62. The molecule has 3 unspecified atom stereocenters. The maximum atomic E-state index is 6.45. The molecule has 2 aromatic carbocycles. The van der Waals surface area contributed by atoms with Crippen LogP contribution in [0.3, 0.4) is 0 Å². The lowest BCUT2D eigenvalue weighted by molar-refractivity contribution is 0.133. The Bertz CT molecular complexity index is 1200. The lowest BCUT2D eigenvalue weighted by Gasteiger charge is -2.24. The zero-order valence-corrected chi connectivity index (χ0v) is 16.8. The van der Waals surface area contributed by atoms with E-state index in [1.54, 1.807) is 18.1 Å².